The van der Waals surface area contributed by atoms with Crippen molar-refractivity contribution in [3.63, 3.8) is 0 Å². The van der Waals surface area contributed by atoms with E-state index in [1.54, 1.807) is 6.07 Å². The molecule has 0 saturated heterocycles. The van der Waals surface area contributed by atoms with Crippen molar-refractivity contribution in [2.24, 2.45) is 0 Å². The third kappa shape index (κ3) is 3.50. The SMILES string of the molecule is O=S(=O)(NC1CC=CCC1)c1ccc(CNC2CC2)o1. The third-order valence-electron chi connectivity index (χ3n) is 3.64. The van der Waals surface area contributed by atoms with E-state index in [9.17, 15) is 8.42 Å². The zero-order valence-corrected chi connectivity index (χ0v) is 12.2. The minimum atomic E-state index is -3.54. The first-order chi connectivity index (χ1) is 9.63. The Morgan fingerprint density at radius 3 is 2.70 bits per heavy atom. The molecule has 2 aliphatic rings. The van der Waals surface area contributed by atoms with E-state index < -0.39 is 10.0 Å². The van der Waals surface area contributed by atoms with Crippen LogP contribution in [0, 0.1) is 0 Å². The zero-order chi connectivity index (χ0) is 14.0. The molecule has 0 radical (unpaired) electrons. The monoisotopic (exact) mass is 296 g/mol. The topological polar surface area (TPSA) is 71.3 Å². The summed E-state index contributed by atoms with van der Waals surface area (Å²) in [6.07, 6.45) is 9.00. The molecule has 0 aromatic carbocycles. The van der Waals surface area contributed by atoms with Crippen molar-refractivity contribution in [2.75, 3.05) is 0 Å². The predicted octanol–water partition coefficient (Wildman–Crippen LogP) is 1.92. The van der Waals surface area contributed by atoms with Crippen LogP contribution in [0.5, 0.6) is 0 Å². The lowest BCUT2D eigenvalue weighted by atomic mass is 10.0. The molecule has 0 bridgehead atoms. The highest BCUT2D eigenvalue weighted by Gasteiger charge is 2.24. The number of nitrogens with one attached hydrogen (secondary N) is 2. The number of furan rings is 1. The zero-order valence-electron chi connectivity index (χ0n) is 11.3. The van der Waals surface area contributed by atoms with Crippen molar-refractivity contribution in [1.82, 2.24) is 10.0 Å². The van der Waals surface area contributed by atoms with E-state index in [1.807, 2.05) is 6.08 Å². The fourth-order valence-corrected chi connectivity index (χ4v) is 3.54. The molecule has 1 aromatic heterocycles. The van der Waals surface area contributed by atoms with Crippen LogP contribution in [0.4, 0.5) is 0 Å². The van der Waals surface area contributed by atoms with Crippen LogP contribution in [0.25, 0.3) is 0 Å². The molecule has 6 heteroatoms. The molecule has 2 N–H and O–H groups in total. The van der Waals surface area contributed by atoms with Gasteiger partial charge >= 0.3 is 0 Å². The Morgan fingerprint density at radius 2 is 2.00 bits per heavy atom. The lowest BCUT2D eigenvalue weighted by Crippen LogP contribution is -2.35. The van der Waals surface area contributed by atoms with Crippen molar-refractivity contribution in [1.29, 1.82) is 0 Å². The first-order valence-electron chi connectivity index (χ1n) is 7.13. The average Bonchev–Trinajstić information content (AvgIpc) is 3.13. The largest absolute Gasteiger partial charge is 0.447 e. The summed E-state index contributed by atoms with van der Waals surface area (Å²) in [6, 6.07) is 3.81. The highest BCUT2D eigenvalue weighted by molar-refractivity contribution is 7.89. The molecule has 0 amide bonds. The number of sulfonamides is 1. The molecule has 110 valence electrons. The molecule has 0 aliphatic heterocycles. The van der Waals surface area contributed by atoms with Gasteiger partial charge in [-0.15, -0.1) is 0 Å². The van der Waals surface area contributed by atoms with Gasteiger partial charge in [-0.25, -0.2) is 13.1 Å². The molecule has 1 atom stereocenters. The van der Waals surface area contributed by atoms with Crippen LogP contribution in [-0.2, 0) is 16.6 Å². The predicted molar refractivity (Wildman–Crippen MR) is 75.7 cm³/mol. The van der Waals surface area contributed by atoms with E-state index in [2.05, 4.69) is 16.1 Å². The lowest BCUT2D eigenvalue weighted by Gasteiger charge is -2.18. The van der Waals surface area contributed by atoms with Crippen LogP contribution >= 0.6 is 0 Å². The van der Waals surface area contributed by atoms with Crippen molar-refractivity contribution < 1.29 is 12.8 Å². The normalized spacial score (nSPS) is 23.1. The summed E-state index contributed by atoms with van der Waals surface area (Å²) in [5, 5.41) is 3.31. The summed E-state index contributed by atoms with van der Waals surface area (Å²) in [7, 11) is -3.54. The van der Waals surface area contributed by atoms with Gasteiger partial charge in [0.25, 0.3) is 10.0 Å². The smallest absolute Gasteiger partial charge is 0.274 e. The van der Waals surface area contributed by atoms with Crippen LogP contribution in [0.1, 0.15) is 37.9 Å². The standard InChI is InChI=1S/C14H20N2O3S/c17-20(18,16-12-4-2-1-3-5-12)14-9-8-13(19-14)10-15-11-6-7-11/h1-2,8-9,11-12,15-16H,3-7,10H2. The molecular formula is C14H20N2O3S. The minimum absolute atomic E-state index is 0.0136. The molecule has 1 aromatic rings. The van der Waals surface area contributed by atoms with E-state index in [0.29, 0.717) is 18.3 Å². The van der Waals surface area contributed by atoms with Gasteiger partial charge in [0.15, 0.2) is 0 Å². The van der Waals surface area contributed by atoms with Gasteiger partial charge in [0.2, 0.25) is 5.09 Å². The van der Waals surface area contributed by atoms with Gasteiger partial charge in [0.05, 0.1) is 6.54 Å². The summed E-state index contributed by atoms with van der Waals surface area (Å²) < 4.78 is 32.6. The second kappa shape index (κ2) is 5.71. The number of allylic oxidation sites excluding steroid dienone is 1. The van der Waals surface area contributed by atoms with E-state index in [4.69, 9.17) is 4.42 Å². The Morgan fingerprint density at radius 1 is 1.15 bits per heavy atom. The van der Waals surface area contributed by atoms with Gasteiger partial charge in [0.1, 0.15) is 5.76 Å². The van der Waals surface area contributed by atoms with Gasteiger partial charge in [-0.3, -0.25) is 0 Å². The molecule has 0 spiro atoms. The van der Waals surface area contributed by atoms with Gasteiger partial charge in [-0.2, -0.15) is 0 Å². The first-order valence-corrected chi connectivity index (χ1v) is 8.61. The van der Waals surface area contributed by atoms with Gasteiger partial charge < -0.3 is 9.73 Å². The third-order valence-corrected chi connectivity index (χ3v) is 5.03. The fourth-order valence-electron chi connectivity index (χ4n) is 2.31. The minimum Gasteiger partial charge on any atom is -0.447 e. The maximum Gasteiger partial charge on any atom is 0.274 e. The van der Waals surface area contributed by atoms with E-state index in [-0.39, 0.29) is 11.1 Å². The first kappa shape index (κ1) is 13.9. The summed E-state index contributed by atoms with van der Waals surface area (Å²) in [5.74, 6) is 0.667. The Balaban J connectivity index is 1.62. The average molecular weight is 296 g/mol. The van der Waals surface area contributed by atoms with Crippen LogP contribution in [0.2, 0.25) is 0 Å². The van der Waals surface area contributed by atoms with Crippen molar-refractivity contribution >= 4 is 10.0 Å². The maximum atomic E-state index is 12.2. The summed E-state index contributed by atoms with van der Waals surface area (Å²) in [5.41, 5.74) is 0. The van der Waals surface area contributed by atoms with Crippen molar-refractivity contribution in [2.45, 2.75) is 55.8 Å². The number of rotatable bonds is 6. The maximum absolute atomic E-state index is 12.2. The molecule has 1 heterocycles. The Kier molecular flexibility index (Phi) is 3.96. The molecular weight excluding hydrogens is 276 g/mol. The molecule has 1 saturated carbocycles. The summed E-state index contributed by atoms with van der Waals surface area (Å²) in [6.45, 7) is 0.590. The van der Waals surface area contributed by atoms with Crippen LogP contribution < -0.4 is 10.0 Å². The quantitative estimate of drug-likeness (QED) is 0.787. The number of hydrogen-bond donors (Lipinski definition) is 2. The van der Waals surface area contributed by atoms with E-state index >= 15 is 0 Å². The van der Waals surface area contributed by atoms with Gasteiger partial charge in [-0.05, 0) is 44.2 Å². The molecule has 5 nitrogen and oxygen atoms in total. The highest BCUT2D eigenvalue weighted by atomic mass is 32.2. The number of hydrogen-bond acceptors (Lipinski definition) is 4. The van der Waals surface area contributed by atoms with Gasteiger partial charge in [0, 0.05) is 12.1 Å². The fraction of sp³-hybridized carbons (Fsp3) is 0.571. The molecule has 20 heavy (non-hydrogen) atoms. The molecule has 1 unspecified atom stereocenters. The van der Waals surface area contributed by atoms with Crippen LogP contribution in [0.15, 0.2) is 33.8 Å². The van der Waals surface area contributed by atoms with Gasteiger partial charge in [-0.1, -0.05) is 12.2 Å². The van der Waals surface area contributed by atoms with Crippen LogP contribution in [0.3, 0.4) is 0 Å². The second-order valence-corrected chi connectivity index (χ2v) is 7.12. The van der Waals surface area contributed by atoms with E-state index in [0.717, 1.165) is 19.3 Å². The van der Waals surface area contributed by atoms with E-state index in [1.165, 1.54) is 18.9 Å². The Bertz CT molecular complexity index is 587. The second-order valence-electron chi connectivity index (χ2n) is 5.48. The summed E-state index contributed by atoms with van der Waals surface area (Å²) in [4.78, 5) is 0. The summed E-state index contributed by atoms with van der Waals surface area (Å²) >= 11 is 0. The van der Waals surface area contributed by atoms with Crippen LogP contribution in [-0.4, -0.2) is 20.5 Å². The highest BCUT2D eigenvalue weighted by Crippen LogP contribution is 2.21. The molecule has 3 rings (SSSR count). The lowest BCUT2D eigenvalue weighted by molar-refractivity contribution is 0.395. The molecule has 2 aliphatic carbocycles. The Labute approximate surface area is 119 Å². The van der Waals surface area contributed by atoms with Crippen molar-refractivity contribution in [3.05, 3.63) is 30.0 Å². The molecule has 1 fully saturated rings. The Hall–Kier alpha value is -1.11. The van der Waals surface area contributed by atoms with Crippen molar-refractivity contribution in [3.8, 4) is 0 Å².